The number of carbonyl (C=O) groups is 1. The molecule has 0 saturated carbocycles. The number of furan rings is 1. The lowest BCUT2D eigenvalue weighted by Gasteiger charge is -2.18. The van der Waals surface area contributed by atoms with E-state index in [1.54, 1.807) is 10.9 Å². The number of hydrogen-bond acceptors (Lipinski definition) is 6. The van der Waals surface area contributed by atoms with Crippen molar-refractivity contribution in [1.29, 1.82) is 0 Å². The summed E-state index contributed by atoms with van der Waals surface area (Å²) in [6, 6.07) is 9.39. The van der Waals surface area contributed by atoms with Crippen LogP contribution in [-0.2, 0) is 4.79 Å². The predicted octanol–water partition coefficient (Wildman–Crippen LogP) is 3.33. The lowest BCUT2D eigenvalue weighted by molar-refractivity contribution is -0.118. The standard InChI is InChI=1S/C19H18N4O3S/c1-3-20-19-23(22-12(2)16-5-4-8-25-16)15(11-27-19)13-6-7-17-14(9-13)21-18(24)10-26-17/h4-9,11H,3,10H2,1-2H3,(H,21,24). The van der Waals surface area contributed by atoms with Gasteiger partial charge in [0.25, 0.3) is 5.91 Å². The summed E-state index contributed by atoms with van der Waals surface area (Å²) in [7, 11) is 0. The number of nitrogens with one attached hydrogen (secondary N) is 1. The molecule has 0 bridgehead atoms. The third-order valence-corrected chi connectivity index (χ3v) is 4.87. The van der Waals surface area contributed by atoms with E-state index in [9.17, 15) is 4.79 Å². The van der Waals surface area contributed by atoms with Crippen LogP contribution < -0.4 is 14.9 Å². The Morgan fingerprint density at radius 1 is 1.37 bits per heavy atom. The Bertz CT molecular complexity index is 1080. The minimum Gasteiger partial charge on any atom is -0.482 e. The molecule has 0 aliphatic carbocycles. The van der Waals surface area contributed by atoms with Gasteiger partial charge in [-0.05, 0) is 44.2 Å². The van der Waals surface area contributed by atoms with E-state index in [1.807, 2.05) is 49.6 Å². The molecule has 4 rings (SSSR count). The maximum atomic E-state index is 11.6. The first kappa shape index (κ1) is 17.3. The molecule has 8 heteroatoms. The minimum absolute atomic E-state index is 0.0387. The molecule has 3 heterocycles. The van der Waals surface area contributed by atoms with Crippen LogP contribution in [0.5, 0.6) is 5.75 Å². The molecule has 1 aliphatic rings. The molecule has 1 aromatic carbocycles. The van der Waals surface area contributed by atoms with Gasteiger partial charge in [-0.2, -0.15) is 5.10 Å². The summed E-state index contributed by atoms with van der Waals surface area (Å²) in [6.45, 7) is 4.57. The Morgan fingerprint density at radius 3 is 3.04 bits per heavy atom. The van der Waals surface area contributed by atoms with Crippen LogP contribution in [0.4, 0.5) is 5.69 Å². The summed E-state index contributed by atoms with van der Waals surface area (Å²) in [5.74, 6) is 1.20. The number of aromatic nitrogens is 1. The van der Waals surface area contributed by atoms with Crippen LogP contribution in [0.25, 0.3) is 11.3 Å². The van der Waals surface area contributed by atoms with E-state index in [2.05, 4.69) is 10.3 Å². The van der Waals surface area contributed by atoms with E-state index < -0.39 is 0 Å². The van der Waals surface area contributed by atoms with Gasteiger partial charge in [-0.15, -0.1) is 11.3 Å². The van der Waals surface area contributed by atoms with E-state index in [0.717, 1.165) is 21.8 Å². The summed E-state index contributed by atoms with van der Waals surface area (Å²) in [5.41, 5.74) is 3.18. The van der Waals surface area contributed by atoms with Crippen LogP contribution in [0, 0.1) is 0 Å². The first-order chi connectivity index (χ1) is 13.2. The van der Waals surface area contributed by atoms with Crippen molar-refractivity contribution in [2.24, 2.45) is 10.1 Å². The molecule has 138 valence electrons. The molecule has 7 nitrogen and oxygen atoms in total. The smallest absolute Gasteiger partial charge is 0.262 e. The Morgan fingerprint density at radius 2 is 2.26 bits per heavy atom. The fraction of sp³-hybridized carbons (Fsp3) is 0.211. The molecule has 0 fully saturated rings. The highest BCUT2D eigenvalue weighted by atomic mass is 32.1. The second-order valence-electron chi connectivity index (χ2n) is 5.90. The molecule has 0 atom stereocenters. The molecule has 2 aromatic heterocycles. The predicted molar refractivity (Wildman–Crippen MR) is 104 cm³/mol. The number of carbonyl (C=O) groups excluding carboxylic acids is 1. The van der Waals surface area contributed by atoms with Crippen molar-refractivity contribution in [2.45, 2.75) is 13.8 Å². The van der Waals surface area contributed by atoms with Gasteiger partial charge in [0.05, 0.1) is 17.6 Å². The first-order valence-electron chi connectivity index (χ1n) is 8.53. The Hall–Kier alpha value is -3.13. The number of anilines is 1. The van der Waals surface area contributed by atoms with Crippen LogP contribution >= 0.6 is 11.3 Å². The highest BCUT2D eigenvalue weighted by Crippen LogP contribution is 2.32. The van der Waals surface area contributed by atoms with Crippen LogP contribution in [0.2, 0.25) is 0 Å². The van der Waals surface area contributed by atoms with E-state index in [-0.39, 0.29) is 12.5 Å². The summed E-state index contributed by atoms with van der Waals surface area (Å²) in [4.78, 5) is 16.9. The Labute approximate surface area is 159 Å². The number of benzene rings is 1. The van der Waals surface area contributed by atoms with Crippen molar-refractivity contribution in [3.8, 4) is 17.0 Å². The molecule has 0 radical (unpaired) electrons. The average Bonchev–Trinajstić information content (AvgIpc) is 3.32. The van der Waals surface area contributed by atoms with Gasteiger partial charge < -0.3 is 14.5 Å². The second-order valence-corrected chi connectivity index (χ2v) is 6.74. The number of rotatable bonds is 4. The van der Waals surface area contributed by atoms with E-state index in [0.29, 0.717) is 23.7 Å². The van der Waals surface area contributed by atoms with Gasteiger partial charge in [0.1, 0.15) is 17.2 Å². The maximum Gasteiger partial charge on any atom is 0.262 e. The van der Waals surface area contributed by atoms with Gasteiger partial charge in [-0.1, -0.05) is 0 Å². The van der Waals surface area contributed by atoms with Gasteiger partial charge in [-0.3, -0.25) is 9.79 Å². The number of hydrogen-bond donors (Lipinski definition) is 1. The lowest BCUT2D eigenvalue weighted by atomic mass is 10.1. The first-order valence-corrected chi connectivity index (χ1v) is 9.41. The highest BCUT2D eigenvalue weighted by molar-refractivity contribution is 7.07. The molecule has 0 spiro atoms. The van der Waals surface area contributed by atoms with E-state index in [4.69, 9.17) is 14.3 Å². The number of fused-ring (bicyclic) bond motifs is 1. The van der Waals surface area contributed by atoms with Crippen molar-refractivity contribution >= 4 is 28.6 Å². The van der Waals surface area contributed by atoms with Gasteiger partial charge in [0.15, 0.2) is 6.61 Å². The molecular formula is C19H18N4O3S. The molecule has 0 saturated heterocycles. The molecule has 1 N–H and O–H groups in total. The quantitative estimate of drug-likeness (QED) is 0.703. The normalized spacial score (nSPS) is 14.7. The number of amides is 1. The summed E-state index contributed by atoms with van der Waals surface area (Å²) in [5, 5.41) is 9.56. The average molecular weight is 382 g/mol. The molecular weight excluding hydrogens is 364 g/mol. The van der Waals surface area contributed by atoms with Gasteiger partial charge in [0, 0.05) is 17.5 Å². The van der Waals surface area contributed by atoms with Crippen molar-refractivity contribution in [3.63, 3.8) is 0 Å². The summed E-state index contributed by atoms with van der Waals surface area (Å²) < 4.78 is 12.7. The highest BCUT2D eigenvalue weighted by Gasteiger charge is 2.18. The number of ether oxygens (including phenoxy) is 1. The molecule has 1 amide bonds. The fourth-order valence-electron chi connectivity index (χ4n) is 2.76. The monoisotopic (exact) mass is 382 g/mol. The molecule has 0 unspecified atom stereocenters. The van der Waals surface area contributed by atoms with E-state index >= 15 is 0 Å². The molecule has 3 aromatic rings. The fourth-order valence-corrected chi connectivity index (χ4v) is 3.66. The zero-order valence-corrected chi connectivity index (χ0v) is 15.7. The van der Waals surface area contributed by atoms with Crippen molar-refractivity contribution < 1.29 is 13.9 Å². The van der Waals surface area contributed by atoms with Gasteiger partial charge >= 0.3 is 0 Å². The third-order valence-electron chi connectivity index (χ3n) is 4.01. The summed E-state index contributed by atoms with van der Waals surface area (Å²) >= 11 is 1.51. The van der Waals surface area contributed by atoms with Gasteiger partial charge in [0.2, 0.25) is 4.80 Å². The topological polar surface area (TPSA) is 81.1 Å². The van der Waals surface area contributed by atoms with Crippen LogP contribution in [0.3, 0.4) is 0 Å². The lowest BCUT2D eigenvalue weighted by Crippen LogP contribution is -2.25. The maximum absolute atomic E-state index is 11.6. The van der Waals surface area contributed by atoms with Gasteiger partial charge in [-0.25, -0.2) is 4.68 Å². The summed E-state index contributed by atoms with van der Waals surface area (Å²) in [6.07, 6.45) is 1.62. The molecule has 1 aliphatic heterocycles. The van der Waals surface area contributed by atoms with Crippen LogP contribution in [0.15, 0.2) is 56.5 Å². The third kappa shape index (κ3) is 3.43. The second kappa shape index (κ2) is 7.24. The van der Waals surface area contributed by atoms with Crippen molar-refractivity contribution in [3.05, 3.63) is 52.5 Å². The minimum atomic E-state index is -0.161. The van der Waals surface area contributed by atoms with Crippen molar-refractivity contribution in [1.82, 2.24) is 4.68 Å². The zero-order chi connectivity index (χ0) is 18.8. The number of thiazole rings is 1. The van der Waals surface area contributed by atoms with Crippen LogP contribution in [0.1, 0.15) is 19.6 Å². The Kier molecular flexibility index (Phi) is 4.64. The molecule has 27 heavy (non-hydrogen) atoms. The zero-order valence-electron chi connectivity index (χ0n) is 14.9. The van der Waals surface area contributed by atoms with E-state index in [1.165, 1.54) is 11.3 Å². The largest absolute Gasteiger partial charge is 0.482 e. The van der Waals surface area contributed by atoms with Crippen molar-refractivity contribution in [2.75, 3.05) is 18.5 Å². The van der Waals surface area contributed by atoms with Crippen LogP contribution in [-0.4, -0.2) is 29.4 Å². The Balaban J connectivity index is 1.82. The SMILES string of the molecule is CCN=c1scc(-c2ccc3c(c2)NC(=O)CO3)n1N=C(C)c1ccco1. The number of nitrogens with zero attached hydrogens (tertiary/aromatic N) is 3.